The molecule has 7 nitrogen and oxygen atoms in total. The average molecular weight is 356 g/mol. The molecule has 0 saturated carbocycles. The molecule has 0 aliphatic carbocycles. The summed E-state index contributed by atoms with van der Waals surface area (Å²) in [5.74, 6) is -2.26. The summed E-state index contributed by atoms with van der Waals surface area (Å²) < 4.78 is 11.0. The minimum absolute atomic E-state index is 0.0665. The molecule has 0 radical (unpaired) electrons. The van der Waals surface area contributed by atoms with Crippen LogP contribution in [0.25, 0.3) is 0 Å². The molecule has 2 bridgehead atoms. The molecule has 3 heterocycles. The zero-order valence-electron chi connectivity index (χ0n) is 14.8. The number of imide groups is 1. The Kier molecular flexibility index (Phi) is 3.66. The second-order valence-electron chi connectivity index (χ2n) is 7.10. The van der Waals surface area contributed by atoms with Crippen molar-refractivity contribution in [2.75, 3.05) is 30.5 Å². The normalized spacial score (nSPS) is 31.5. The van der Waals surface area contributed by atoms with Gasteiger partial charge in [0.15, 0.2) is 0 Å². The molecule has 3 aliphatic heterocycles. The van der Waals surface area contributed by atoms with Crippen LogP contribution in [0.3, 0.4) is 0 Å². The van der Waals surface area contributed by atoms with Gasteiger partial charge in [-0.05, 0) is 30.3 Å². The molecule has 0 N–H and O–H groups in total. The number of nitrogens with zero attached hydrogens (tertiary/aromatic N) is 2. The Hall–Kier alpha value is -2.67. The minimum Gasteiger partial charge on any atom is -0.462 e. The van der Waals surface area contributed by atoms with Gasteiger partial charge in [-0.25, -0.2) is 4.90 Å². The van der Waals surface area contributed by atoms with E-state index >= 15 is 0 Å². The van der Waals surface area contributed by atoms with Crippen LogP contribution in [0.1, 0.15) is 6.92 Å². The molecule has 0 spiro atoms. The Labute approximate surface area is 151 Å². The molecule has 4 atom stereocenters. The Morgan fingerprint density at radius 1 is 1.23 bits per heavy atom. The van der Waals surface area contributed by atoms with Crippen LogP contribution in [0.2, 0.25) is 0 Å². The number of esters is 1. The Balaban J connectivity index is 1.65. The van der Waals surface area contributed by atoms with Gasteiger partial charge in [-0.1, -0.05) is 6.08 Å². The number of hydrogen-bond acceptors (Lipinski definition) is 6. The van der Waals surface area contributed by atoms with Crippen molar-refractivity contribution in [2.24, 2.45) is 11.8 Å². The quantitative estimate of drug-likeness (QED) is 0.457. The van der Waals surface area contributed by atoms with Gasteiger partial charge < -0.3 is 14.4 Å². The van der Waals surface area contributed by atoms with Crippen molar-refractivity contribution in [3.05, 3.63) is 36.4 Å². The van der Waals surface area contributed by atoms with Gasteiger partial charge in [0.1, 0.15) is 12.2 Å². The highest BCUT2D eigenvalue weighted by Crippen LogP contribution is 2.52. The lowest BCUT2D eigenvalue weighted by Crippen LogP contribution is -2.44. The van der Waals surface area contributed by atoms with E-state index in [-0.39, 0.29) is 18.4 Å². The molecule has 2 fully saturated rings. The van der Waals surface area contributed by atoms with E-state index in [0.717, 1.165) is 5.69 Å². The van der Waals surface area contributed by atoms with Crippen LogP contribution in [-0.4, -0.2) is 50.2 Å². The van der Waals surface area contributed by atoms with Gasteiger partial charge in [0.2, 0.25) is 11.8 Å². The van der Waals surface area contributed by atoms with Crippen molar-refractivity contribution < 1.29 is 23.9 Å². The van der Waals surface area contributed by atoms with Crippen molar-refractivity contribution in [3.63, 3.8) is 0 Å². The summed E-state index contributed by atoms with van der Waals surface area (Å²) >= 11 is 0. The number of benzene rings is 1. The smallest absolute Gasteiger partial charge is 0.302 e. The summed E-state index contributed by atoms with van der Waals surface area (Å²) in [6, 6.07) is 7.26. The summed E-state index contributed by atoms with van der Waals surface area (Å²) in [6.45, 7) is 1.24. The van der Waals surface area contributed by atoms with Crippen LogP contribution in [0.15, 0.2) is 36.4 Å². The fourth-order valence-electron chi connectivity index (χ4n) is 4.04. The maximum absolute atomic E-state index is 13.1. The van der Waals surface area contributed by atoms with Crippen LogP contribution < -0.4 is 9.80 Å². The molecule has 0 unspecified atom stereocenters. The van der Waals surface area contributed by atoms with Crippen LogP contribution in [-0.2, 0) is 23.9 Å². The van der Waals surface area contributed by atoms with Crippen molar-refractivity contribution in [2.45, 2.75) is 18.6 Å². The van der Waals surface area contributed by atoms with Gasteiger partial charge in [0, 0.05) is 26.7 Å². The summed E-state index contributed by atoms with van der Waals surface area (Å²) in [7, 11) is 3.84. The van der Waals surface area contributed by atoms with Gasteiger partial charge in [0.05, 0.1) is 23.6 Å². The molecular formula is C19H20N2O5. The summed E-state index contributed by atoms with van der Waals surface area (Å²) in [4.78, 5) is 40.4. The fraction of sp³-hybridized carbons (Fsp3) is 0.421. The minimum atomic E-state index is -1.05. The lowest BCUT2D eigenvalue weighted by Gasteiger charge is -2.28. The zero-order valence-corrected chi connectivity index (χ0v) is 14.8. The molecule has 2 saturated heterocycles. The number of carbonyl (C=O) groups is 3. The molecule has 1 aromatic rings. The highest BCUT2D eigenvalue weighted by atomic mass is 16.6. The first-order valence-corrected chi connectivity index (χ1v) is 8.50. The zero-order chi connectivity index (χ0) is 18.6. The van der Waals surface area contributed by atoms with Gasteiger partial charge in [-0.3, -0.25) is 14.4 Å². The van der Waals surface area contributed by atoms with Gasteiger partial charge in [-0.2, -0.15) is 0 Å². The predicted octanol–water partition coefficient (Wildman–Crippen LogP) is 1.13. The average Bonchev–Trinajstić information content (AvgIpc) is 3.24. The molecule has 7 heteroatoms. The first kappa shape index (κ1) is 16.8. The largest absolute Gasteiger partial charge is 0.462 e. The molecule has 0 aromatic heterocycles. The van der Waals surface area contributed by atoms with E-state index in [9.17, 15) is 14.4 Å². The number of carbonyl (C=O) groups excluding carboxylic acids is 3. The Bertz CT molecular complexity index is 816. The molecule has 26 heavy (non-hydrogen) atoms. The SMILES string of the molecule is CC(=O)OC[C@@]12C=C[C@@H](O1)[C@H]1C(=O)N(c3ccc(N(C)C)cc3)C(=O)[C@@H]12. The summed E-state index contributed by atoms with van der Waals surface area (Å²) in [5, 5.41) is 0. The van der Waals surface area contributed by atoms with Crippen molar-refractivity contribution in [3.8, 4) is 0 Å². The van der Waals surface area contributed by atoms with E-state index in [2.05, 4.69) is 0 Å². The third-order valence-corrected chi connectivity index (χ3v) is 5.28. The van der Waals surface area contributed by atoms with Gasteiger partial charge in [-0.15, -0.1) is 0 Å². The number of rotatable bonds is 4. The topological polar surface area (TPSA) is 76.2 Å². The van der Waals surface area contributed by atoms with Crippen LogP contribution in [0.5, 0.6) is 0 Å². The van der Waals surface area contributed by atoms with E-state index in [4.69, 9.17) is 9.47 Å². The van der Waals surface area contributed by atoms with E-state index in [1.807, 2.05) is 31.1 Å². The van der Waals surface area contributed by atoms with E-state index in [1.54, 1.807) is 24.3 Å². The third-order valence-electron chi connectivity index (χ3n) is 5.28. The molecule has 1 aromatic carbocycles. The summed E-state index contributed by atoms with van der Waals surface area (Å²) in [6.07, 6.45) is 3.08. The maximum Gasteiger partial charge on any atom is 0.302 e. The number of amides is 2. The van der Waals surface area contributed by atoms with Crippen LogP contribution >= 0.6 is 0 Å². The van der Waals surface area contributed by atoms with E-state index in [0.29, 0.717) is 5.69 Å². The highest BCUT2D eigenvalue weighted by Gasteiger charge is 2.68. The predicted molar refractivity (Wildman–Crippen MR) is 93.6 cm³/mol. The van der Waals surface area contributed by atoms with E-state index < -0.39 is 29.5 Å². The Morgan fingerprint density at radius 3 is 2.54 bits per heavy atom. The number of anilines is 2. The second kappa shape index (κ2) is 5.67. The summed E-state index contributed by atoms with van der Waals surface area (Å²) in [5.41, 5.74) is 0.470. The second-order valence-corrected chi connectivity index (χ2v) is 7.10. The van der Waals surface area contributed by atoms with Crippen molar-refractivity contribution in [1.29, 1.82) is 0 Å². The maximum atomic E-state index is 13.1. The monoisotopic (exact) mass is 356 g/mol. The van der Waals surface area contributed by atoms with Crippen molar-refractivity contribution in [1.82, 2.24) is 0 Å². The number of ether oxygens (including phenoxy) is 2. The first-order valence-electron chi connectivity index (χ1n) is 8.50. The van der Waals surface area contributed by atoms with Crippen LogP contribution in [0, 0.1) is 11.8 Å². The molecule has 4 rings (SSSR count). The molecular weight excluding hydrogens is 336 g/mol. The molecule has 136 valence electrons. The van der Waals surface area contributed by atoms with Crippen LogP contribution in [0.4, 0.5) is 11.4 Å². The van der Waals surface area contributed by atoms with Crippen molar-refractivity contribution >= 4 is 29.2 Å². The molecule has 2 amide bonds. The molecule has 3 aliphatic rings. The first-order chi connectivity index (χ1) is 12.3. The standard InChI is InChI=1S/C19H20N2O5/c1-11(22)25-10-19-9-8-14(26-19)15-16(19)18(24)21(17(15)23)13-6-4-12(5-7-13)20(2)3/h4-9,14-16H,10H2,1-3H3/t14-,15-,16-,19-/m1/s1. The lowest BCUT2D eigenvalue weighted by molar-refractivity contribution is -0.150. The Morgan fingerprint density at radius 2 is 1.92 bits per heavy atom. The highest BCUT2D eigenvalue weighted by molar-refractivity contribution is 6.23. The lowest BCUT2D eigenvalue weighted by atomic mass is 9.77. The number of fused-ring (bicyclic) bond motifs is 5. The fourth-order valence-corrected chi connectivity index (χ4v) is 4.04. The van der Waals surface area contributed by atoms with Gasteiger partial charge in [0.25, 0.3) is 0 Å². The third kappa shape index (κ3) is 2.27. The van der Waals surface area contributed by atoms with Gasteiger partial charge >= 0.3 is 5.97 Å². The van der Waals surface area contributed by atoms with E-state index in [1.165, 1.54) is 11.8 Å². The number of hydrogen-bond donors (Lipinski definition) is 0.